The highest BCUT2D eigenvalue weighted by atomic mass is 32.2. The van der Waals surface area contributed by atoms with E-state index in [4.69, 9.17) is 4.74 Å². The second-order valence-corrected chi connectivity index (χ2v) is 11.5. The van der Waals surface area contributed by atoms with Gasteiger partial charge in [0.15, 0.2) is 0 Å². The third kappa shape index (κ3) is 3.70. The van der Waals surface area contributed by atoms with Crippen molar-refractivity contribution in [3.63, 3.8) is 0 Å². The standard InChI is InChI=1S/C26H29N5O5S/c1-16(14-32)31-22-24(34)29(15-30-18-9-5-4-8-17(18)27-28-30)12-7-11-26(22)21(23(31)33)20-19(37-26)10-3-2-6-13-36-25(20)35/h3-5,7-11,16,19-22,32H,2,6,12-15H2,1H3/b10-3-/t16-,19+,20-,21+,22?,26+/m1/s1. The highest BCUT2D eigenvalue weighted by molar-refractivity contribution is 8.02. The maximum atomic E-state index is 14.3. The Morgan fingerprint density at radius 2 is 2.05 bits per heavy atom. The van der Waals surface area contributed by atoms with Gasteiger partial charge in [-0.05, 0) is 31.9 Å². The van der Waals surface area contributed by atoms with Crippen molar-refractivity contribution in [3.05, 3.63) is 48.6 Å². The normalized spacial score (nSPS) is 33.2. The molecular weight excluding hydrogens is 494 g/mol. The topological polar surface area (TPSA) is 118 Å². The van der Waals surface area contributed by atoms with Gasteiger partial charge in [0.1, 0.15) is 18.2 Å². The molecule has 4 aliphatic rings. The van der Waals surface area contributed by atoms with Gasteiger partial charge in [-0.15, -0.1) is 16.9 Å². The Labute approximate surface area is 218 Å². The summed E-state index contributed by atoms with van der Waals surface area (Å²) < 4.78 is 6.30. The van der Waals surface area contributed by atoms with E-state index < -0.39 is 34.6 Å². The fraction of sp³-hybridized carbons (Fsp3) is 0.500. The number of hydrogen-bond donors (Lipinski definition) is 1. The molecule has 1 unspecified atom stereocenters. The van der Waals surface area contributed by atoms with Crippen LogP contribution >= 0.6 is 11.8 Å². The van der Waals surface area contributed by atoms with Gasteiger partial charge in [0.2, 0.25) is 11.8 Å². The van der Waals surface area contributed by atoms with Crippen LogP contribution in [0.4, 0.5) is 0 Å². The van der Waals surface area contributed by atoms with Crippen molar-refractivity contribution in [2.45, 2.75) is 48.5 Å². The van der Waals surface area contributed by atoms with E-state index in [1.165, 1.54) is 16.7 Å². The molecular formula is C26H29N5O5S. The van der Waals surface area contributed by atoms with Gasteiger partial charge in [-0.25, -0.2) is 4.68 Å². The van der Waals surface area contributed by atoms with Crippen molar-refractivity contribution < 1.29 is 24.2 Å². The summed E-state index contributed by atoms with van der Waals surface area (Å²) in [5.74, 6) is -2.38. The molecule has 2 saturated heterocycles. The zero-order chi connectivity index (χ0) is 25.7. The van der Waals surface area contributed by atoms with Gasteiger partial charge in [-0.3, -0.25) is 14.4 Å². The average Bonchev–Trinajstić information content (AvgIpc) is 3.51. The Kier molecular flexibility index (Phi) is 6.07. The number of thioether (sulfide) groups is 1. The van der Waals surface area contributed by atoms with Crippen LogP contribution in [0.2, 0.25) is 0 Å². The van der Waals surface area contributed by atoms with E-state index in [2.05, 4.69) is 10.3 Å². The van der Waals surface area contributed by atoms with Crippen LogP contribution in [-0.2, 0) is 25.8 Å². The molecule has 1 N–H and O–H groups in total. The lowest BCUT2D eigenvalue weighted by atomic mass is 9.78. The van der Waals surface area contributed by atoms with Gasteiger partial charge in [-0.2, -0.15) is 0 Å². The van der Waals surface area contributed by atoms with Gasteiger partial charge >= 0.3 is 5.97 Å². The van der Waals surface area contributed by atoms with Crippen molar-refractivity contribution in [2.75, 3.05) is 19.8 Å². The number of rotatable bonds is 4. The van der Waals surface area contributed by atoms with E-state index in [0.29, 0.717) is 13.2 Å². The minimum absolute atomic E-state index is 0.163. The maximum absolute atomic E-state index is 14.3. The Bertz CT molecular complexity index is 1310. The molecule has 1 aromatic heterocycles. The van der Waals surface area contributed by atoms with E-state index in [1.54, 1.807) is 16.5 Å². The third-order valence-corrected chi connectivity index (χ3v) is 9.58. The first-order valence-electron chi connectivity index (χ1n) is 12.6. The lowest BCUT2D eigenvalue weighted by Gasteiger charge is -2.37. The smallest absolute Gasteiger partial charge is 0.311 e. The molecule has 1 spiro atoms. The molecule has 0 aliphatic carbocycles. The molecule has 2 fully saturated rings. The first-order valence-corrected chi connectivity index (χ1v) is 13.5. The number of hydrogen-bond acceptors (Lipinski definition) is 8. The number of fused-ring (bicyclic) bond motifs is 3. The second-order valence-electron chi connectivity index (χ2n) is 10.0. The number of esters is 1. The van der Waals surface area contributed by atoms with Crippen LogP contribution in [0, 0.1) is 11.8 Å². The van der Waals surface area contributed by atoms with Crippen molar-refractivity contribution >= 4 is 40.6 Å². The Balaban J connectivity index is 1.42. The van der Waals surface area contributed by atoms with Gasteiger partial charge in [0.25, 0.3) is 0 Å². The number of aromatic nitrogens is 3. The van der Waals surface area contributed by atoms with Crippen LogP contribution in [0.5, 0.6) is 0 Å². The molecule has 37 heavy (non-hydrogen) atoms. The van der Waals surface area contributed by atoms with Crippen LogP contribution in [0.1, 0.15) is 19.8 Å². The van der Waals surface area contributed by atoms with Gasteiger partial charge in [0, 0.05) is 11.8 Å². The molecule has 0 radical (unpaired) electrons. The third-order valence-electron chi connectivity index (χ3n) is 7.84. The molecule has 2 amide bonds. The molecule has 2 aromatic rings. The molecule has 10 nitrogen and oxygen atoms in total. The number of nitrogens with zero attached hydrogens (tertiary/aromatic N) is 5. The average molecular weight is 524 g/mol. The lowest BCUT2D eigenvalue weighted by molar-refractivity contribution is -0.153. The molecule has 1 aromatic carbocycles. The molecule has 4 aliphatic heterocycles. The number of ether oxygens (including phenoxy) is 1. The van der Waals surface area contributed by atoms with Crippen molar-refractivity contribution in [1.82, 2.24) is 24.8 Å². The minimum Gasteiger partial charge on any atom is -0.465 e. The first kappa shape index (κ1) is 24.2. The van der Waals surface area contributed by atoms with Crippen LogP contribution in [0.25, 0.3) is 11.0 Å². The zero-order valence-corrected chi connectivity index (χ0v) is 21.3. The number of amides is 2. The summed E-state index contributed by atoms with van der Waals surface area (Å²) in [6, 6.07) is 6.07. The molecule has 5 heterocycles. The largest absolute Gasteiger partial charge is 0.465 e. The number of likely N-dealkylation sites (tertiary alicyclic amines) is 1. The number of cyclic esters (lactones) is 1. The predicted molar refractivity (Wildman–Crippen MR) is 136 cm³/mol. The van der Waals surface area contributed by atoms with Gasteiger partial charge < -0.3 is 19.6 Å². The van der Waals surface area contributed by atoms with E-state index in [0.717, 1.165) is 23.9 Å². The SMILES string of the molecule is C[C@H](CO)N1C(=O)[C@@H]2[C@@H]3C(=O)OCCC/C=C\[C@@H]3S[C@@]23C=CCN(Cn2nnc4ccccc42)C(=O)C13. The number of carbonyl (C=O) groups is 3. The number of aliphatic hydroxyl groups excluding tert-OH is 1. The van der Waals surface area contributed by atoms with E-state index in [9.17, 15) is 19.5 Å². The number of carbonyl (C=O) groups excluding carboxylic acids is 3. The number of aliphatic hydroxyl groups is 1. The number of benzene rings is 1. The number of allylic oxidation sites excluding steroid dienone is 1. The Hall–Kier alpha value is -3.18. The van der Waals surface area contributed by atoms with Crippen molar-refractivity contribution in [1.29, 1.82) is 0 Å². The summed E-state index contributed by atoms with van der Waals surface area (Å²) in [7, 11) is 0. The van der Waals surface area contributed by atoms with Crippen molar-refractivity contribution in [3.8, 4) is 0 Å². The predicted octanol–water partition coefficient (Wildman–Crippen LogP) is 1.36. The summed E-state index contributed by atoms with van der Waals surface area (Å²) in [5.41, 5.74) is 1.53. The van der Waals surface area contributed by atoms with Crippen LogP contribution in [-0.4, -0.2) is 89.5 Å². The zero-order valence-electron chi connectivity index (χ0n) is 20.5. The van der Waals surface area contributed by atoms with Crippen LogP contribution < -0.4 is 0 Å². The quantitative estimate of drug-likeness (QED) is 0.472. The van der Waals surface area contributed by atoms with E-state index in [1.807, 2.05) is 48.6 Å². The molecule has 194 valence electrons. The molecule has 6 atom stereocenters. The Morgan fingerprint density at radius 1 is 1.22 bits per heavy atom. The van der Waals surface area contributed by atoms with E-state index in [-0.39, 0.29) is 30.3 Å². The molecule has 0 bridgehead atoms. The summed E-state index contributed by atoms with van der Waals surface area (Å²) in [4.78, 5) is 44.7. The summed E-state index contributed by atoms with van der Waals surface area (Å²) in [6.07, 6.45) is 9.43. The minimum atomic E-state index is -0.950. The summed E-state index contributed by atoms with van der Waals surface area (Å²) in [6.45, 7) is 2.23. The lowest BCUT2D eigenvalue weighted by Crippen LogP contribution is -2.56. The fourth-order valence-electron chi connectivity index (χ4n) is 6.11. The first-order chi connectivity index (χ1) is 18.0. The summed E-state index contributed by atoms with van der Waals surface area (Å²) >= 11 is 1.50. The van der Waals surface area contributed by atoms with Crippen LogP contribution in [0.3, 0.4) is 0 Å². The highest BCUT2D eigenvalue weighted by Crippen LogP contribution is 2.61. The van der Waals surface area contributed by atoms with E-state index >= 15 is 0 Å². The Morgan fingerprint density at radius 3 is 2.89 bits per heavy atom. The molecule has 6 rings (SSSR count). The van der Waals surface area contributed by atoms with Gasteiger partial charge in [-0.1, -0.05) is 41.7 Å². The van der Waals surface area contributed by atoms with Gasteiger partial charge in [0.05, 0.1) is 41.4 Å². The highest BCUT2D eigenvalue weighted by Gasteiger charge is 2.71. The molecule has 0 saturated carbocycles. The fourth-order valence-corrected chi connectivity index (χ4v) is 8.10. The van der Waals surface area contributed by atoms with Crippen LogP contribution in [0.15, 0.2) is 48.6 Å². The van der Waals surface area contributed by atoms with Crippen molar-refractivity contribution in [2.24, 2.45) is 11.8 Å². The number of para-hydroxylation sites is 1. The second kappa shape index (κ2) is 9.29. The summed E-state index contributed by atoms with van der Waals surface area (Å²) in [5, 5.41) is 18.2. The monoisotopic (exact) mass is 523 g/mol. The maximum Gasteiger partial charge on any atom is 0.311 e. The molecule has 11 heteroatoms.